The highest BCUT2D eigenvalue weighted by molar-refractivity contribution is 6.15. The highest BCUT2D eigenvalue weighted by Crippen LogP contribution is 2.31. The topological polar surface area (TPSA) is 78.1 Å². The van der Waals surface area contributed by atoms with E-state index in [1.54, 1.807) is 23.7 Å². The Hall–Kier alpha value is -3.33. The number of nitrogens with zero attached hydrogens (tertiary/aromatic N) is 6. The Balaban J connectivity index is 1.43. The number of rotatable bonds is 4. The van der Waals surface area contributed by atoms with Crippen LogP contribution in [0.1, 0.15) is 30.1 Å². The Morgan fingerprint density at radius 1 is 1.24 bits per heavy atom. The monoisotopic (exact) mass is 449 g/mol. The second-order valence-electron chi connectivity index (χ2n) is 9.03. The van der Waals surface area contributed by atoms with E-state index in [4.69, 9.17) is 0 Å². The third kappa shape index (κ3) is 3.97. The summed E-state index contributed by atoms with van der Waals surface area (Å²) in [5.74, 6) is -0.278. The normalized spacial score (nSPS) is 21.3. The quantitative estimate of drug-likeness (QED) is 0.779. The number of hydrogen-bond donors (Lipinski definition) is 1. The molecule has 1 aliphatic carbocycles. The van der Waals surface area contributed by atoms with Crippen molar-refractivity contribution >= 4 is 34.0 Å². The van der Waals surface area contributed by atoms with Gasteiger partial charge in [-0.1, -0.05) is 0 Å². The number of amides is 1. The van der Waals surface area contributed by atoms with Crippen molar-refractivity contribution in [1.82, 2.24) is 20.0 Å². The molecule has 0 radical (unpaired) electrons. The van der Waals surface area contributed by atoms with Crippen LogP contribution in [-0.2, 0) is 7.05 Å². The summed E-state index contributed by atoms with van der Waals surface area (Å²) < 4.78 is 16.2. The Morgan fingerprint density at radius 3 is 2.76 bits per heavy atom. The number of nitrogens with one attached hydrogen (secondary N) is 1. The van der Waals surface area contributed by atoms with Crippen molar-refractivity contribution in [3.8, 4) is 0 Å². The van der Waals surface area contributed by atoms with E-state index >= 15 is 0 Å². The maximum absolute atomic E-state index is 14.5. The number of fused-ring (bicyclic) bond motifs is 2. The van der Waals surface area contributed by atoms with Gasteiger partial charge in [0.25, 0.3) is 5.91 Å². The van der Waals surface area contributed by atoms with Gasteiger partial charge in [-0.05, 0) is 64.2 Å². The lowest BCUT2D eigenvalue weighted by atomic mass is 10.0. The number of aromatic nitrogens is 2. The summed E-state index contributed by atoms with van der Waals surface area (Å²) in [6.07, 6.45) is 7.15. The minimum atomic E-state index is -0.495. The molecule has 1 aromatic carbocycles. The molecule has 5 rings (SSSR count). The first kappa shape index (κ1) is 21.5. The summed E-state index contributed by atoms with van der Waals surface area (Å²) in [7, 11) is 6.12. The number of benzene rings is 1. The molecule has 3 heterocycles. The molecular weight excluding hydrogens is 421 g/mol. The van der Waals surface area contributed by atoms with E-state index in [9.17, 15) is 9.18 Å². The molecule has 1 unspecified atom stereocenters. The van der Waals surface area contributed by atoms with Gasteiger partial charge in [-0.25, -0.2) is 9.38 Å². The summed E-state index contributed by atoms with van der Waals surface area (Å²) >= 11 is 0. The van der Waals surface area contributed by atoms with Crippen LogP contribution in [-0.4, -0.2) is 71.4 Å². The number of aliphatic imine (C=N–C) groups is 2. The van der Waals surface area contributed by atoms with Crippen molar-refractivity contribution in [1.29, 1.82) is 0 Å². The molecule has 1 N–H and O–H groups in total. The summed E-state index contributed by atoms with van der Waals surface area (Å²) in [6.45, 7) is 3.87. The van der Waals surface area contributed by atoms with Gasteiger partial charge in [0.1, 0.15) is 28.9 Å². The molecule has 0 bridgehead atoms. The van der Waals surface area contributed by atoms with Crippen LogP contribution in [0.3, 0.4) is 0 Å². The third-order valence-electron chi connectivity index (χ3n) is 6.64. The van der Waals surface area contributed by atoms with Crippen molar-refractivity contribution in [3.63, 3.8) is 0 Å². The molecule has 2 aliphatic heterocycles. The fourth-order valence-corrected chi connectivity index (χ4v) is 4.82. The number of carbonyl (C=O) groups is 1. The summed E-state index contributed by atoms with van der Waals surface area (Å²) in [4.78, 5) is 26.3. The lowest BCUT2D eigenvalue weighted by Gasteiger charge is -2.36. The van der Waals surface area contributed by atoms with Crippen molar-refractivity contribution in [2.75, 3.05) is 32.1 Å². The average Bonchev–Trinajstić information content (AvgIpc) is 3.34. The van der Waals surface area contributed by atoms with E-state index in [-0.39, 0.29) is 5.91 Å². The fourth-order valence-electron chi connectivity index (χ4n) is 4.82. The van der Waals surface area contributed by atoms with Crippen LogP contribution in [0.5, 0.6) is 0 Å². The van der Waals surface area contributed by atoms with Gasteiger partial charge in [-0.2, -0.15) is 5.10 Å². The minimum Gasteiger partial charge on any atom is -0.371 e. The second kappa shape index (κ2) is 8.22. The molecule has 8 nitrogen and oxygen atoms in total. The van der Waals surface area contributed by atoms with E-state index < -0.39 is 11.9 Å². The van der Waals surface area contributed by atoms with Gasteiger partial charge < -0.3 is 15.1 Å². The number of anilines is 1. The lowest BCUT2D eigenvalue weighted by Crippen LogP contribution is -2.42. The third-order valence-corrected chi connectivity index (χ3v) is 6.64. The first-order valence-electron chi connectivity index (χ1n) is 11.2. The molecule has 3 aliphatic rings. The second-order valence-corrected chi connectivity index (χ2v) is 9.03. The van der Waals surface area contributed by atoms with Crippen LogP contribution in [0.15, 0.2) is 52.0 Å². The number of hydrogen-bond acceptors (Lipinski definition) is 6. The molecule has 1 aromatic heterocycles. The van der Waals surface area contributed by atoms with E-state index in [0.717, 1.165) is 37.0 Å². The van der Waals surface area contributed by atoms with Gasteiger partial charge in [0.15, 0.2) is 0 Å². The molecular formula is C24H28FN7O. The predicted molar refractivity (Wildman–Crippen MR) is 129 cm³/mol. The Labute approximate surface area is 192 Å². The van der Waals surface area contributed by atoms with Crippen LogP contribution < -0.4 is 10.2 Å². The zero-order valence-corrected chi connectivity index (χ0v) is 19.3. The summed E-state index contributed by atoms with van der Waals surface area (Å²) in [5, 5.41) is 8.33. The zero-order chi connectivity index (χ0) is 23.3. The Bertz CT molecular complexity index is 1250. The number of piperidine rings is 1. The molecule has 1 saturated heterocycles. The van der Waals surface area contributed by atoms with Crippen LogP contribution in [0.25, 0.3) is 10.9 Å². The highest BCUT2D eigenvalue weighted by Gasteiger charge is 2.28. The molecule has 0 saturated carbocycles. The SMILES string of the molecule is CC1=NC2C=C(NC(=O)c3ccc(N(C)C4CCN(C)CC4)c4cn(C)nc34)C=C(F)C2=N1. The van der Waals surface area contributed by atoms with Gasteiger partial charge in [-0.15, -0.1) is 0 Å². The molecule has 0 spiro atoms. The average molecular weight is 450 g/mol. The molecule has 2 aromatic rings. The number of amidine groups is 1. The van der Waals surface area contributed by atoms with E-state index in [2.05, 4.69) is 44.3 Å². The Morgan fingerprint density at radius 2 is 2.00 bits per heavy atom. The van der Waals surface area contributed by atoms with Crippen LogP contribution in [0.2, 0.25) is 0 Å². The zero-order valence-electron chi connectivity index (χ0n) is 19.3. The minimum absolute atomic E-state index is 0.291. The maximum Gasteiger partial charge on any atom is 0.257 e. The first-order chi connectivity index (χ1) is 15.8. The summed E-state index contributed by atoms with van der Waals surface area (Å²) in [5.41, 5.74) is 2.80. The predicted octanol–water partition coefficient (Wildman–Crippen LogP) is 2.83. The molecule has 1 fully saturated rings. The standard InChI is InChI=1S/C24H28FN7O/c1-14-26-20-12-15(11-19(25)23(20)27-14)28-24(33)17-5-6-21(18-13-31(3)29-22(17)18)32(4)16-7-9-30(2)10-8-16/h5-6,11-13,16,20H,7-10H2,1-4H3,(H,28,33). The van der Waals surface area contributed by atoms with Crippen molar-refractivity contribution in [2.24, 2.45) is 17.0 Å². The van der Waals surface area contributed by atoms with E-state index in [1.807, 2.05) is 19.3 Å². The number of carbonyl (C=O) groups excluding carboxylic acids is 1. The van der Waals surface area contributed by atoms with Gasteiger partial charge in [0, 0.05) is 43.1 Å². The molecule has 33 heavy (non-hydrogen) atoms. The summed E-state index contributed by atoms with van der Waals surface area (Å²) in [6, 6.07) is 3.74. The first-order valence-corrected chi connectivity index (χ1v) is 11.2. The van der Waals surface area contributed by atoms with E-state index in [0.29, 0.717) is 34.4 Å². The number of aryl methyl sites for hydroxylation is 1. The molecule has 9 heteroatoms. The lowest BCUT2D eigenvalue weighted by molar-refractivity contribution is 0.0968. The van der Waals surface area contributed by atoms with E-state index in [1.165, 1.54) is 6.08 Å². The number of halogens is 1. The smallest absolute Gasteiger partial charge is 0.257 e. The van der Waals surface area contributed by atoms with Gasteiger partial charge in [0.2, 0.25) is 0 Å². The van der Waals surface area contributed by atoms with Gasteiger partial charge in [0.05, 0.1) is 5.56 Å². The number of likely N-dealkylation sites (tertiary alicyclic amines) is 1. The number of allylic oxidation sites excluding steroid dienone is 1. The largest absolute Gasteiger partial charge is 0.371 e. The highest BCUT2D eigenvalue weighted by atomic mass is 19.1. The van der Waals surface area contributed by atoms with Crippen LogP contribution in [0, 0.1) is 0 Å². The van der Waals surface area contributed by atoms with Crippen molar-refractivity contribution in [2.45, 2.75) is 31.8 Å². The molecule has 172 valence electrons. The van der Waals surface area contributed by atoms with Gasteiger partial charge in [-0.3, -0.25) is 14.5 Å². The molecule has 1 atom stereocenters. The van der Waals surface area contributed by atoms with Crippen LogP contribution >= 0.6 is 0 Å². The van der Waals surface area contributed by atoms with Crippen molar-refractivity contribution in [3.05, 3.63) is 47.6 Å². The van der Waals surface area contributed by atoms with Crippen molar-refractivity contribution < 1.29 is 9.18 Å². The Kier molecular flexibility index (Phi) is 5.36. The maximum atomic E-state index is 14.5. The molecule has 1 amide bonds. The van der Waals surface area contributed by atoms with Gasteiger partial charge >= 0.3 is 0 Å². The fraction of sp³-hybridized carbons (Fsp3) is 0.417. The van der Waals surface area contributed by atoms with Crippen LogP contribution in [0.4, 0.5) is 10.1 Å².